The minimum absolute atomic E-state index is 0.280. The third-order valence-electron chi connectivity index (χ3n) is 5.26. The summed E-state index contributed by atoms with van der Waals surface area (Å²) in [5.74, 6) is 0.280. The number of Topliss-reactive ketones (excluding diaryl/α,β-unsaturated/α-hetero) is 1. The zero-order valence-electron chi connectivity index (χ0n) is 15.4. The van der Waals surface area contributed by atoms with Gasteiger partial charge in [-0.3, -0.25) is 4.79 Å². The van der Waals surface area contributed by atoms with Crippen molar-refractivity contribution >= 4 is 16.6 Å². The summed E-state index contributed by atoms with van der Waals surface area (Å²) >= 11 is 0. The molecule has 1 aliphatic heterocycles. The number of benzene rings is 2. The summed E-state index contributed by atoms with van der Waals surface area (Å²) in [4.78, 5) is 17.4. The zero-order chi connectivity index (χ0) is 17.5. The van der Waals surface area contributed by atoms with Crippen LogP contribution >= 0.6 is 0 Å². The Morgan fingerprint density at radius 3 is 2.64 bits per heavy atom. The first-order valence-corrected chi connectivity index (χ1v) is 9.65. The number of rotatable bonds is 7. The number of carbonyl (C=O) groups excluding carboxylic acids is 1. The third kappa shape index (κ3) is 5.38. The van der Waals surface area contributed by atoms with Gasteiger partial charge in [-0.1, -0.05) is 42.8 Å². The van der Waals surface area contributed by atoms with Crippen LogP contribution in [0.2, 0.25) is 0 Å². The molecule has 2 aromatic rings. The van der Waals surface area contributed by atoms with Gasteiger partial charge in [0.2, 0.25) is 0 Å². The monoisotopic (exact) mass is 338 g/mol. The van der Waals surface area contributed by atoms with Crippen LogP contribution in [0.15, 0.2) is 42.5 Å². The maximum Gasteiger partial charge on any atom is 0.162 e. The van der Waals surface area contributed by atoms with E-state index in [2.05, 4.69) is 35.0 Å². The Kier molecular flexibility index (Phi) is 6.60. The highest BCUT2D eigenvalue weighted by atomic mass is 16.1. The van der Waals surface area contributed by atoms with Gasteiger partial charge in [-0.25, -0.2) is 0 Å². The third-order valence-corrected chi connectivity index (χ3v) is 5.26. The summed E-state index contributed by atoms with van der Waals surface area (Å²) < 4.78 is 0. The van der Waals surface area contributed by atoms with E-state index in [1.54, 1.807) is 0 Å². The molecule has 0 radical (unpaired) electrons. The van der Waals surface area contributed by atoms with Gasteiger partial charge in [-0.15, -0.1) is 0 Å². The average molecular weight is 338 g/mol. The van der Waals surface area contributed by atoms with Gasteiger partial charge >= 0.3 is 0 Å². The van der Waals surface area contributed by atoms with Crippen LogP contribution in [-0.4, -0.2) is 55.4 Å². The summed E-state index contributed by atoms with van der Waals surface area (Å²) in [5, 5.41) is 2.35. The first-order chi connectivity index (χ1) is 12.2. The highest BCUT2D eigenvalue weighted by Crippen LogP contribution is 2.17. The lowest BCUT2D eigenvalue weighted by Gasteiger charge is -2.19. The van der Waals surface area contributed by atoms with Crippen molar-refractivity contribution in [3.8, 4) is 0 Å². The molecule has 134 valence electrons. The van der Waals surface area contributed by atoms with E-state index < -0.39 is 0 Å². The van der Waals surface area contributed by atoms with Crippen LogP contribution in [0.25, 0.3) is 10.8 Å². The number of nitrogens with zero attached hydrogens (tertiary/aromatic N) is 2. The van der Waals surface area contributed by atoms with Crippen LogP contribution in [0.3, 0.4) is 0 Å². The summed E-state index contributed by atoms with van der Waals surface area (Å²) in [7, 11) is 2.21. The smallest absolute Gasteiger partial charge is 0.162 e. The van der Waals surface area contributed by atoms with E-state index >= 15 is 0 Å². The fourth-order valence-corrected chi connectivity index (χ4v) is 3.63. The molecule has 25 heavy (non-hydrogen) atoms. The van der Waals surface area contributed by atoms with Gasteiger partial charge in [0.15, 0.2) is 5.78 Å². The topological polar surface area (TPSA) is 23.6 Å². The Hall–Kier alpha value is -1.71. The average Bonchev–Trinajstić information content (AvgIpc) is 2.85. The molecular formula is C22H30N2O. The number of likely N-dealkylation sites (N-methyl/N-ethyl adjacent to an activating group) is 1. The Labute approximate surface area is 151 Å². The SMILES string of the molecule is CN1CCCN(CCCCCC(=O)c2ccc3ccccc3c2)CC1. The van der Waals surface area contributed by atoms with Gasteiger partial charge in [0, 0.05) is 25.1 Å². The first-order valence-electron chi connectivity index (χ1n) is 9.65. The van der Waals surface area contributed by atoms with Crippen LogP contribution in [0.4, 0.5) is 0 Å². The van der Waals surface area contributed by atoms with Crippen LogP contribution in [-0.2, 0) is 0 Å². The highest BCUT2D eigenvalue weighted by Gasteiger charge is 2.11. The van der Waals surface area contributed by atoms with Gasteiger partial charge in [-0.2, -0.15) is 0 Å². The first kappa shape index (κ1) is 18.1. The molecule has 1 heterocycles. The quantitative estimate of drug-likeness (QED) is 0.558. The maximum atomic E-state index is 12.4. The van der Waals surface area contributed by atoms with Crippen LogP contribution in [0.1, 0.15) is 42.5 Å². The van der Waals surface area contributed by atoms with Crippen molar-refractivity contribution in [1.82, 2.24) is 9.80 Å². The number of hydrogen-bond acceptors (Lipinski definition) is 3. The predicted octanol–water partition coefficient (Wildman–Crippen LogP) is 4.22. The second kappa shape index (κ2) is 9.12. The number of carbonyl (C=O) groups is 1. The molecule has 0 saturated carbocycles. The van der Waals surface area contributed by atoms with Crippen LogP contribution < -0.4 is 0 Å². The molecule has 0 aromatic heterocycles. The summed E-state index contributed by atoms with van der Waals surface area (Å²) in [5.41, 5.74) is 0.856. The molecule has 2 aromatic carbocycles. The fraction of sp³-hybridized carbons (Fsp3) is 0.500. The molecule has 1 saturated heterocycles. The van der Waals surface area contributed by atoms with Crippen molar-refractivity contribution in [2.24, 2.45) is 0 Å². The summed E-state index contributed by atoms with van der Waals surface area (Å²) in [6.07, 6.45) is 5.29. The van der Waals surface area contributed by atoms with Crippen molar-refractivity contribution in [3.63, 3.8) is 0 Å². The number of unbranched alkanes of at least 4 members (excludes halogenated alkanes) is 2. The summed E-state index contributed by atoms with van der Waals surface area (Å²) in [6, 6.07) is 14.3. The molecule has 0 N–H and O–H groups in total. The van der Waals surface area contributed by atoms with Crippen molar-refractivity contribution < 1.29 is 4.79 Å². The molecule has 0 atom stereocenters. The van der Waals surface area contributed by atoms with Crippen molar-refractivity contribution in [2.45, 2.75) is 32.1 Å². The molecule has 0 amide bonds. The number of ketones is 1. The van der Waals surface area contributed by atoms with Gasteiger partial charge in [0.25, 0.3) is 0 Å². The molecule has 1 fully saturated rings. The number of hydrogen-bond donors (Lipinski definition) is 0. The van der Waals surface area contributed by atoms with E-state index in [0.717, 1.165) is 23.8 Å². The molecule has 0 bridgehead atoms. The van der Waals surface area contributed by atoms with E-state index in [4.69, 9.17) is 0 Å². The lowest BCUT2D eigenvalue weighted by molar-refractivity contribution is 0.0979. The van der Waals surface area contributed by atoms with Crippen molar-refractivity contribution in [3.05, 3.63) is 48.0 Å². The molecule has 0 aliphatic carbocycles. The zero-order valence-corrected chi connectivity index (χ0v) is 15.4. The molecule has 3 rings (SSSR count). The second-order valence-electron chi connectivity index (χ2n) is 7.29. The molecule has 0 spiro atoms. The minimum Gasteiger partial charge on any atom is -0.305 e. The maximum absolute atomic E-state index is 12.4. The lowest BCUT2D eigenvalue weighted by atomic mass is 10.0. The Bertz CT molecular complexity index is 697. The summed E-state index contributed by atoms with van der Waals surface area (Å²) in [6.45, 7) is 5.99. The van der Waals surface area contributed by atoms with E-state index in [1.807, 2.05) is 24.3 Å². The largest absolute Gasteiger partial charge is 0.305 e. The highest BCUT2D eigenvalue weighted by molar-refractivity contribution is 5.99. The van der Waals surface area contributed by atoms with E-state index in [9.17, 15) is 4.79 Å². The Morgan fingerprint density at radius 2 is 1.76 bits per heavy atom. The second-order valence-corrected chi connectivity index (χ2v) is 7.29. The van der Waals surface area contributed by atoms with Crippen molar-refractivity contribution in [2.75, 3.05) is 39.8 Å². The predicted molar refractivity (Wildman–Crippen MR) is 105 cm³/mol. The minimum atomic E-state index is 0.280. The van der Waals surface area contributed by atoms with Crippen molar-refractivity contribution in [1.29, 1.82) is 0 Å². The lowest BCUT2D eigenvalue weighted by Crippen LogP contribution is -2.29. The van der Waals surface area contributed by atoms with E-state index in [-0.39, 0.29) is 5.78 Å². The molecular weight excluding hydrogens is 308 g/mol. The Balaban J connectivity index is 1.38. The standard InChI is InChI=1S/C22H30N2O/c1-23-13-7-15-24(17-16-23)14-6-2-3-10-22(25)21-12-11-19-8-4-5-9-20(19)18-21/h4-5,8-9,11-12,18H,2-3,6-7,10,13-17H2,1H3. The molecule has 3 nitrogen and oxygen atoms in total. The number of fused-ring (bicyclic) bond motifs is 1. The van der Waals surface area contributed by atoms with Crippen LogP contribution in [0, 0.1) is 0 Å². The van der Waals surface area contributed by atoms with Gasteiger partial charge in [-0.05, 0) is 62.8 Å². The molecule has 0 unspecified atom stereocenters. The van der Waals surface area contributed by atoms with E-state index in [1.165, 1.54) is 51.0 Å². The Morgan fingerprint density at radius 1 is 0.920 bits per heavy atom. The van der Waals surface area contributed by atoms with Crippen LogP contribution in [0.5, 0.6) is 0 Å². The normalized spacial score (nSPS) is 16.8. The molecule has 3 heteroatoms. The fourth-order valence-electron chi connectivity index (χ4n) is 3.63. The van der Waals surface area contributed by atoms with Gasteiger partial charge in [0.1, 0.15) is 0 Å². The van der Waals surface area contributed by atoms with Gasteiger partial charge < -0.3 is 9.80 Å². The van der Waals surface area contributed by atoms with Gasteiger partial charge in [0.05, 0.1) is 0 Å². The molecule has 1 aliphatic rings. The van der Waals surface area contributed by atoms with E-state index in [0.29, 0.717) is 6.42 Å².